The molecule has 2 heteroatoms. The number of hydrogen-bond donors (Lipinski definition) is 2. The topological polar surface area (TPSA) is 46.2 Å². The van der Waals surface area contributed by atoms with Gasteiger partial charge in [0.15, 0.2) is 0 Å². The van der Waals surface area contributed by atoms with Gasteiger partial charge < -0.3 is 10.8 Å². The lowest BCUT2D eigenvalue weighted by Crippen LogP contribution is -2.34. The van der Waals surface area contributed by atoms with E-state index < -0.39 is 0 Å². The van der Waals surface area contributed by atoms with Gasteiger partial charge in [-0.15, -0.1) is 0 Å². The fraction of sp³-hybridized carbons (Fsp3) is 1.00. The molecule has 0 aromatic carbocycles. The van der Waals surface area contributed by atoms with Gasteiger partial charge in [-0.3, -0.25) is 0 Å². The van der Waals surface area contributed by atoms with Gasteiger partial charge in [-0.2, -0.15) is 0 Å². The van der Waals surface area contributed by atoms with Crippen molar-refractivity contribution < 1.29 is 5.11 Å². The third kappa shape index (κ3) is 2.20. The van der Waals surface area contributed by atoms with Crippen LogP contribution in [-0.4, -0.2) is 17.8 Å². The van der Waals surface area contributed by atoms with Gasteiger partial charge in [0, 0.05) is 6.54 Å². The van der Waals surface area contributed by atoms with Crippen LogP contribution < -0.4 is 5.73 Å². The molecule has 4 atom stereocenters. The van der Waals surface area contributed by atoms with Crippen LogP contribution in [-0.2, 0) is 0 Å². The predicted octanol–water partition coefficient (Wildman–Crippen LogP) is 1.38. The summed E-state index contributed by atoms with van der Waals surface area (Å²) in [4.78, 5) is 0. The molecule has 0 aromatic rings. The van der Waals surface area contributed by atoms with Gasteiger partial charge in [0.2, 0.25) is 0 Å². The van der Waals surface area contributed by atoms with Crippen molar-refractivity contribution in [2.45, 2.75) is 39.2 Å². The Balaban J connectivity index is 2.39. The lowest BCUT2D eigenvalue weighted by atomic mass is 9.74. The summed E-state index contributed by atoms with van der Waals surface area (Å²) in [5, 5.41) is 9.56. The van der Waals surface area contributed by atoms with Crippen molar-refractivity contribution in [3.8, 4) is 0 Å². The summed E-state index contributed by atoms with van der Waals surface area (Å²) < 4.78 is 0. The second kappa shape index (κ2) is 4.24. The predicted molar refractivity (Wildman–Crippen MR) is 50.7 cm³/mol. The highest BCUT2D eigenvalue weighted by atomic mass is 16.3. The Labute approximate surface area is 75.2 Å². The highest BCUT2D eigenvalue weighted by molar-refractivity contribution is 4.79. The molecule has 3 N–H and O–H groups in total. The van der Waals surface area contributed by atoms with E-state index in [-0.39, 0.29) is 6.10 Å². The molecule has 0 bridgehead atoms. The first kappa shape index (κ1) is 10.0. The number of aliphatic hydroxyl groups is 1. The van der Waals surface area contributed by atoms with Crippen molar-refractivity contribution in [1.82, 2.24) is 0 Å². The van der Waals surface area contributed by atoms with E-state index in [9.17, 15) is 5.11 Å². The summed E-state index contributed by atoms with van der Waals surface area (Å²) in [7, 11) is 0. The summed E-state index contributed by atoms with van der Waals surface area (Å²) >= 11 is 0. The maximum absolute atomic E-state index is 9.56. The van der Waals surface area contributed by atoms with Crippen LogP contribution in [0.2, 0.25) is 0 Å². The van der Waals surface area contributed by atoms with Gasteiger partial charge in [0.1, 0.15) is 0 Å². The first-order valence-electron chi connectivity index (χ1n) is 5.03. The average molecular weight is 171 g/mol. The van der Waals surface area contributed by atoms with Crippen LogP contribution in [0.15, 0.2) is 0 Å². The molecule has 0 radical (unpaired) electrons. The third-order valence-corrected chi connectivity index (χ3v) is 3.42. The average Bonchev–Trinajstić information content (AvgIpc) is 2.08. The Morgan fingerprint density at radius 1 is 1.33 bits per heavy atom. The van der Waals surface area contributed by atoms with Gasteiger partial charge in [-0.25, -0.2) is 0 Å². The molecule has 72 valence electrons. The maximum atomic E-state index is 9.56. The quantitative estimate of drug-likeness (QED) is 0.659. The van der Waals surface area contributed by atoms with Crippen LogP contribution in [0.25, 0.3) is 0 Å². The minimum absolute atomic E-state index is 0.264. The fourth-order valence-corrected chi connectivity index (χ4v) is 2.13. The molecular weight excluding hydrogens is 150 g/mol. The smallest absolute Gasteiger partial charge is 0.0690 e. The molecule has 0 saturated heterocycles. The first-order chi connectivity index (χ1) is 5.65. The second-order valence-electron chi connectivity index (χ2n) is 4.33. The van der Waals surface area contributed by atoms with E-state index in [1.54, 1.807) is 0 Å². The van der Waals surface area contributed by atoms with E-state index in [1.807, 2.05) is 0 Å². The monoisotopic (exact) mass is 171 g/mol. The standard InChI is InChI=1S/C10H21NO/c1-7-3-4-9(5-8(7)2)10(12)6-11/h7-10,12H,3-6,11H2,1-2H3. The van der Waals surface area contributed by atoms with Gasteiger partial charge in [0.25, 0.3) is 0 Å². The molecule has 0 aromatic heterocycles. The lowest BCUT2D eigenvalue weighted by Gasteiger charge is -2.34. The molecule has 0 amide bonds. The molecule has 1 rings (SSSR count). The normalized spacial score (nSPS) is 39.5. The van der Waals surface area contributed by atoms with Crippen molar-refractivity contribution in [1.29, 1.82) is 0 Å². The molecule has 1 aliphatic rings. The number of hydrogen-bond acceptors (Lipinski definition) is 2. The van der Waals surface area contributed by atoms with E-state index >= 15 is 0 Å². The zero-order valence-electron chi connectivity index (χ0n) is 8.16. The van der Waals surface area contributed by atoms with E-state index in [0.717, 1.165) is 24.7 Å². The van der Waals surface area contributed by atoms with Crippen molar-refractivity contribution in [2.24, 2.45) is 23.5 Å². The number of rotatable bonds is 2. The van der Waals surface area contributed by atoms with Crippen LogP contribution in [0.3, 0.4) is 0 Å². The number of nitrogens with two attached hydrogens (primary N) is 1. The molecule has 1 aliphatic carbocycles. The lowest BCUT2D eigenvalue weighted by molar-refractivity contribution is 0.0627. The van der Waals surface area contributed by atoms with Gasteiger partial charge in [0.05, 0.1) is 6.10 Å². The molecule has 0 spiro atoms. The summed E-state index contributed by atoms with van der Waals surface area (Å²) in [6.45, 7) is 5.00. The molecule has 2 nitrogen and oxygen atoms in total. The second-order valence-corrected chi connectivity index (χ2v) is 4.33. The summed E-state index contributed by atoms with van der Waals surface area (Å²) in [5.41, 5.74) is 5.43. The summed E-state index contributed by atoms with van der Waals surface area (Å²) in [5.74, 6) is 2.04. The maximum Gasteiger partial charge on any atom is 0.0690 e. The van der Waals surface area contributed by atoms with Crippen LogP contribution in [0.5, 0.6) is 0 Å². The van der Waals surface area contributed by atoms with E-state index in [4.69, 9.17) is 5.73 Å². The Kier molecular flexibility index (Phi) is 3.53. The molecule has 1 fully saturated rings. The third-order valence-electron chi connectivity index (χ3n) is 3.42. The van der Waals surface area contributed by atoms with Crippen LogP contribution in [0, 0.1) is 17.8 Å². The van der Waals surface area contributed by atoms with E-state index in [0.29, 0.717) is 12.5 Å². The van der Waals surface area contributed by atoms with E-state index in [1.165, 1.54) is 6.42 Å². The SMILES string of the molecule is CC1CCC(C(O)CN)CC1C. The summed E-state index contributed by atoms with van der Waals surface area (Å²) in [6.07, 6.45) is 3.30. The Morgan fingerprint density at radius 2 is 2.00 bits per heavy atom. The Bertz CT molecular complexity index is 138. The minimum Gasteiger partial charge on any atom is -0.392 e. The van der Waals surface area contributed by atoms with Crippen molar-refractivity contribution >= 4 is 0 Å². The Morgan fingerprint density at radius 3 is 2.50 bits per heavy atom. The largest absolute Gasteiger partial charge is 0.392 e. The van der Waals surface area contributed by atoms with E-state index in [2.05, 4.69) is 13.8 Å². The van der Waals surface area contributed by atoms with Gasteiger partial charge >= 0.3 is 0 Å². The van der Waals surface area contributed by atoms with Crippen molar-refractivity contribution in [2.75, 3.05) is 6.54 Å². The van der Waals surface area contributed by atoms with Crippen LogP contribution in [0.4, 0.5) is 0 Å². The highest BCUT2D eigenvalue weighted by Crippen LogP contribution is 2.34. The molecule has 1 saturated carbocycles. The molecule has 0 aliphatic heterocycles. The van der Waals surface area contributed by atoms with Crippen molar-refractivity contribution in [3.63, 3.8) is 0 Å². The minimum atomic E-state index is -0.264. The van der Waals surface area contributed by atoms with Gasteiger partial charge in [-0.1, -0.05) is 20.3 Å². The molecular formula is C10H21NO. The molecule has 4 unspecified atom stereocenters. The summed E-state index contributed by atoms with van der Waals surface area (Å²) in [6, 6.07) is 0. The fourth-order valence-electron chi connectivity index (χ4n) is 2.13. The highest BCUT2D eigenvalue weighted by Gasteiger charge is 2.28. The Hall–Kier alpha value is -0.0800. The zero-order chi connectivity index (χ0) is 9.14. The van der Waals surface area contributed by atoms with Crippen LogP contribution in [0.1, 0.15) is 33.1 Å². The molecule has 12 heavy (non-hydrogen) atoms. The molecule has 0 heterocycles. The first-order valence-corrected chi connectivity index (χ1v) is 5.03. The number of aliphatic hydroxyl groups excluding tert-OH is 1. The zero-order valence-corrected chi connectivity index (χ0v) is 8.16. The van der Waals surface area contributed by atoms with Crippen molar-refractivity contribution in [3.05, 3.63) is 0 Å². The van der Waals surface area contributed by atoms with Gasteiger partial charge in [-0.05, 0) is 30.6 Å². The van der Waals surface area contributed by atoms with Crippen LogP contribution >= 0.6 is 0 Å².